The largest absolute Gasteiger partial charge is 0.480 e. The second kappa shape index (κ2) is 10.9. The molecule has 0 aliphatic carbocycles. The molecular formula is C30H24ClN7O4. The molecule has 6 rings (SSSR count). The molecule has 0 spiro atoms. The number of H-pyrrole nitrogens is 1. The zero-order valence-corrected chi connectivity index (χ0v) is 23.5. The van der Waals surface area contributed by atoms with E-state index in [2.05, 4.69) is 30.2 Å². The summed E-state index contributed by atoms with van der Waals surface area (Å²) in [6, 6.07) is 15.5. The van der Waals surface area contributed by atoms with Crippen molar-refractivity contribution in [2.45, 2.75) is 13.0 Å². The predicted molar refractivity (Wildman–Crippen MR) is 161 cm³/mol. The summed E-state index contributed by atoms with van der Waals surface area (Å²) in [5, 5.41) is 4.82. The summed E-state index contributed by atoms with van der Waals surface area (Å²) in [5.74, 6) is 0.558. The van der Waals surface area contributed by atoms with Gasteiger partial charge in [-0.2, -0.15) is 4.98 Å². The fraction of sp³-hybridized carbons (Fsp3) is 0.133. The van der Waals surface area contributed by atoms with Crippen LogP contribution in [0.15, 0.2) is 82.9 Å². The Bertz CT molecular complexity index is 2070. The van der Waals surface area contributed by atoms with Gasteiger partial charge in [-0.1, -0.05) is 48.0 Å². The minimum Gasteiger partial charge on any atom is -0.480 e. The van der Waals surface area contributed by atoms with Gasteiger partial charge in [-0.15, -0.1) is 0 Å². The molecule has 2 aromatic carbocycles. The van der Waals surface area contributed by atoms with Crippen LogP contribution in [0, 0.1) is 0 Å². The van der Waals surface area contributed by atoms with Crippen LogP contribution in [0.2, 0.25) is 5.02 Å². The molecule has 0 saturated heterocycles. The number of benzene rings is 2. The average Bonchev–Trinajstić information content (AvgIpc) is 3.02. The third-order valence-corrected chi connectivity index (χ3v) is 7.30. The van der Waals surface area contributed by atoms with Gasteiger partial charge in [-0.05, 0) is 19.1 Å². The van der Waals surface area contributed by atoms with E-state index < -0.39 is 6.04 Å². The zero-order valence-electron chi connectivity index (χ0n) is 22.8. The number of nitrogens with zero attached hydrogens (tertiary/aromatic N) is 5. The number of aromatic nitrogens is 6. The van der Waals surface area contributed by atoms with Gasteiger partial charge in [0.15, 0.2) is 5.43 Å². The molecule has 42 heavy (non-hydrogen) atoms. The maximum absolute atomic E-state index is 14.5. The Kier molecular flexibility index (Phi) is 7.01. The van der Waals surface area contributed by atoms with Crippen molar-refractivity contribution in [3.8, 4) is 28.7 Å². The van der Waals surface area contributed by atoms with Crippen LogP contribution in [0.3, 0.4) is 0 Å². The second-order valence-corrected chi connectivity index (χ2v) is 9.71. The van der Waals surface area contributed by atoms with E-state index in [1.807, 2.05) is 37.3 Å². The number of rotatable bonds is 7. The van der Waals surface area contributed by atoms with Crippen molar-refractivity contribution in [1.29, 1.82) is 0 Å². The van der Waals surface area contributed by atoms with Crippen molar-refractivity contribution in [3.05, 3.63) is 105 Å². The Morgan fingerprint density at radius 1 is 0.929 bits per heavy atom. The SMILES string of the molecule is COc1ncc(-c2cccc3c(Cl)c([C@H](C)Nc4ncnc5[nH]ccc(=O)c45)n(-c4ccccc4)c(=O)c23)c(OC)n1. The number of methoxy groups -OCH3 is 2. The first-order valence-corrected chi connectivity index (χ1v) is 13.3. The van der Waals surface area contributed by atoms with Crippen molar-refractivity contribution < 1.29 is 9.47 Å². The molecule has 0 aliphatic heterocycles. The monoisotopic (exact) mass is 581 g/mol. The molecule has 0 saturated carbocycles. The Morgan fingerprint density at radius 3 is 2.50 bits per heavy atom. The van der Waals surface area contributed by atoms with Crippen LogP contribution < -0.4 is 25.8 Å². The first kappa shape index (κ1) is 26.9. The second-order valence-electron chi connectivity index (χ2n) is 9.34. The van der Waals surface area contributed by atoms with Crippen LogP contribution >= 0.6 is 11.6 Å². The lowest BCUT2D eigenvalue weighted by Gasteiger charge is -2.24. The van der Waals surface area contributed by atoms with Gasteiger partial charge in [-0.25, -0.2) is 15.0 Å². The number of pyridine rings is 2. The summed E-state index contributed by atoms with van der Waals surface area (Å²) >= 11 is 7.18. The Labute approximate surface area is 243 Å². The summed E-state index contributed by atoms with van der Waals surface area (Å²) in [5.41, 5.74) is 1.96. The van der Waals surface area contributed by atoms with E-state index in [4.69, 9.17) is 21.1 Å². The molecule has 12 heteroatoms. The molecule has 6 aromatic rings. The molecule has 0 unspecified atom stereocenters. The highest BCUT2D eigenvalue weighted by Gasteiger charge is 2.25. The highest BCUT2D eigenvalue weighted by molar-refractivity contribution is 6.36. The van der Waals surface area contributed by atoms with Gasteiger partial charge in [0.2, 0.25) is 5.88 Å². The maximum Gasteiger partial charge on any atom is 0.319 e. The third-order valence-electron chi connectivity index (χ3n) is 6.91. The normalized spacial score (nSPS) is 11.9. The number of nitrogens with one attached hydrogen (secondary N) is 2. The molecule has 0 amide bonds. The van der Waals surface area contributed by atoms with E-state index >= 15 is 0 Å². The molecular weight excluding hydrogens is 558 g/mol. The van der Waals surface area contributed by atoms with Gasteiger partial charge < -0.3 is 19.8 Å². The van der Waals surface area contributed by atoms with Gasteiger partial charge in [0.25, 0.3) is 5.56 Å². The molecule has 11 nitrogen and oxygen atoms in total. The molecule has 0 aliphatic rings. The van der Waals surface area contributed by atoms with E-state index in [0.717, 1.165) is 0 Å². The fourth-order valence-electron chi connectivity index (χ4n) is 5.05. The number of aromatic amines is 1. The van der Waals surface area contributed by atoms with Gasteiger partial charge in [-0.3, -0.25) is 14.2 Å². The Balaban J connectivity index is 1.62. The molecule has 4 aromatic heterocycles. The number of anilines is 1. The molecule has 0 fully saturated rings. The summed E-state index contributed by atoms with van der Waals surface area (Å²) in [7, 11) is 2.95. The predicted octanol–water partition coefficient (Wildman–Crippen LogP) is 4.92. The first-order chi connectivity index (χ1) is 20.4. The summed E-state index contributed by atoms with van der Waals surface area (Å²) in [6.07, 6.45) is 4.43. The van der Waals surface area contributed by atoms with Crippen molar-refractivity contribution in [2.24, 2.45) is 0 Å². The highest BCUT2D eigenvalue weighted by Crippen LogP contribution is 2.38. The minimum absolute atomic E-state index is 0.133. The number of hydrogen-bond acceptors (Lipinski definition) is 9. The van der Waals surface area contributed by atoms with Gasteiger partial charge in [0.1, 0.15) is 23.2 Å². The Hall–Kier alpha value is -5.29. The number of para-hydroxylation sites is 1. The van der Waals surface area contributed by atoms with Crippen LogP contribution in [0.4, 0.5) is 5.82 Å². The van der Waals surface area contributed by atoms with Crippen LogP contribution in [0.1, 0.15) is 18.7 Å². The number of hydrogen-bond donors (Lipinski definition) is 2. The van der Waals surface area contributed by atoms with Crippen LogP contribution in [-0.2, 0) is 0 Å². The zero-order chi connectivity index (χ0) is 29.4. The van der Waals surface area contributed by atoms with Crippen LogP contribution in [-0.4, -0.2) is 43.7 Å². The van der Waals surface area contributed by atoms with Crippen molar-refractivity contribution in [1.82, 2.24) is 29.5 Å². The number of fused-ring (bicyclic) bond motifs is 2. The van der Waals surface area contributed by atoms with Crippen molar-refractivity contribution in [2.75, 3.05) is 19.5 Å². The van der Waals surface area contributed by atoms with Gasteiger partial charge in [0.05, 0.1) is 41.9 Å². The van der Waals surface area contributed by atoms with E-state index in [-0.39, 0.29) is 22.9 Å². The van der Waals surface area contributed by atoms with E-state index in [9.17, 15) is 9.59 Å². The fourth-order valence-corrected chi connectivity index (χ4v) is 5.45. The summed E-state index contributed by atoms with van der Waals surface area (Å²) in [6.45, 7) is 1.85. The van der Waals surface area contributed by atoms with Gasteiger partial charge in [0, 0.05) is 35.1 Å². The number of halogens is 1. The average molecular weight is 582 g/mol. The third kappa shape index (κ3) is 4.49. The maximum atomic E-state index is 14.5. The lowest BCUT2D eigenvalue weighted by atomic mass is 9.99. The molecule has 4 heterocycles. The first-order valence-electron chi connectivity index (χ1n) is 12.9. The van der Waals surface area contributed by atoms with E-state index in [0.29, 0.717) is 55.2 Å². The molecule has 2 N–H and O–H groups in total. The molecule has 0 radical (unpaired) electrons. The smallest absolute Gasteiger partial charge is 0.319 e. The summed E-state index contributed by atoms with van der Waals surface area (Å²) in [4.78, 5) is 47.3. The minimum atomic E-state index is -0.574. The quantitative estimate of drug-likeness (QED) is 0.269. The van der Waals surface area contributed by atoms with Crippen LogP contribution in [0.5, 0.6) is 11.9 Å². The van der Waals surface area contributed by atoms with Crippen LogP contribution in [0.25, 0.3) is 38.6 Å². The molecule has 210 valence electrons. The van der Waals surface area contributed by atoms with E-state index in [1.54, 1.807) is 29.0 Å². The number of ether oxygens (including phenoxy) is 2. The lowest BCUT2D eigenvalue weighted by molar-refractivity contribution is 0.353. The standard InChI is InChI=1S/C30H24ClN7O4/c1-16(36-27-23-21(39)12-13-32-26(23)34-15-35-27)25-24(31)19-11-7-10-18(20-14-33-30(42-3)37-28(20)41-2)22(19)29(40)38(25)17-8-5-4-6-9-17/h4-16H,1-3H3,(H2,32,34,35,36,39)/t16-/m0/s1. The van der Waals surface area contributed by atoms with Crippen molar-refractivity contribution >= 4 is 39.2 Å². The summed E-state index contributed by atoms with van der Waals surface area (Å²) < 4.78 is 12.2. The lowest BCUT2D eigenvalue weighted by Crippen LogP contribution is -2.27. The molecule has 1 atom stereocenters. The highest BCUT2D eigenvalue weighted by atomic mass is 35.5. The molecule has 0 bridgehead atoms. The topological polar surface area (TPSA) is 137 Å². The van der Waals surface area contributed by atoms with E-state index in [1.165, 1.54) is 32.8 Å². The Morgan fingerprint density at radius 2 is 1.74 bits per heavy atom. The van der Waals surface area contributed by atoms with Gasteiger partial charge >= 0.3 is 6.01 Å². The van der Waals surface area contributed by atoms with Crippen molar-refractivity contribution in [3.63, 3.8) is 0 Å².